The summed E-state index contributed by atoms with van der Waals surface area (Å²) in [6.45, 7) is 0. The Labute approximate surface area is 320 Å². The van der Waals surface area contributed by atoms with Crippen molar-refractivity contribution in [2.45, 2.75) is 5.41 Å². The first-order valence-corrected chi connectivity index (χ1v) is 18.9. The van der Waals surface area contributed by atoms with Crippen LogP contribution in [0.5, 0.6) is 0 Å². The number of hydrogen-bond donors (Lipinski definition) is 0. The maximum Gasteiger partial charge on any atom is 0.160 e. The molecule has 0 saturated carbocycles. The minimum Gasteiger partial charge on any atom is -0.228 e. The van der Waals surface area contributed by atoms with Gasteiger partial charge in [-0.15, -0.1) is 0 Å². The summed E-state index contributed by atoms with van der Waals surface area (Å²) in [6, 6.07) is 74.6. The van der Waals surface area contributed by atoms with Crippen LogP contribution in [0.1, 0.15) is 22.3 Å². The van der Waals surface area contributed by atoms with Crippen LogP contribution in [0, 0.1) is 0 Å². The van der Waals surface area contributed by atoms with Crippen molar-refractivity contribution in [2.24, 2.45) is 0 Å². The van der Waals surface area contributed by atoms with Gasteiger partial charge in [0.25, 0.3) is 0 Å². The minimum absolute atomic E-state index is 0.632. The summed E-state index contributed by atoms with van der Waals surface area (Å²) in [7, 11) is 0. The van der Waals surface area contributed by atoms with E-state index in [9.17, 15) is 0 Å². The zero-order valence-electron chi connectivity index (χ0n) is 30.0. The predicted octanol–water partition coefficient (Wildman–Crippen LogP) is 13.3. The SMILES string of the molecule is c1ccc(-c2cc(-c3ccccc3)nc(-c3cccc(C4(c5ccccc5)c5ccccc5-c5ccc6c7ccccc7c7ccccc7c6c54)c3)n2)cc1. The molecule has 0 N–H and O–H groups in total. The van der Waals surface area contributed by atoms with Crippen molar-refractivity contribution >= 4 is 32.3 Å². The highest BCUT2D eigenvalue weighted by Gasteiger charge is 2.47. The maximum atomic E-state index is 5.27. The van der Waals surface area contributed by atoms with Gasteiger partial charge in [0, 0.05) is 16.7 Å². The maximum absolute atomic E-state index is 5.27. The molecule has 0 fully saturated rings. The van der Waals surface area contributed by atoms with E-state index >= 15 is 0 Å². The van der Waals surface area contributed by atoms with E-state index in [1.807, 2.05) is 12.1 Å². The van der Waals surface area contributed by atoms with Crippen LogP contribution < -0.4 is 0 Å². The standard InChI is InChI=1S/C53H34N2/c1-4-17-35(18-5-1)48-34-49(36-19-6-2-7-20-36)55-52(54-48)37-21-16-24-39(33-37)53(38-22-8-3-9-23-38)47-30-15-14-28-43(47)46-32-31-45-42-27-11-10-25-40(42)41-26-12-13-29-44(41)50(45)51(46)53/h1-34H. The first-order valence-electron chi connectivity index (χ1n) is 18.9. The smallest absolute Gasteiger partial charge is 0.160 e. The highest BCUT2D eigenvalue weighted by molar-refractivity contribution is 6.27. The van der Waals surface area contributed by atoms with Gasteiger partial charge in [-0.3, -0.25) is 0 Å². The summed E-state index contributed by atoms with van der Waals surface area (Å²) >= 11 is 0. The number of aromatic nitrogens is 2. The summed E-state index contributed by atoms with van der Waals surface area (Å²) in [5, 5.41) is 7.65. The van der Waals surface area contributed by atoms with E-state index in [-0.39, 0.29) is 0 Å². The molecule has 2 nitrogen and oxygen atoms in total. The third-order valence-electron chi connectivity index (χ3n) is 11.5. The largest absolute Gasteiger partial charge is 0.228 e. The lowest BCUT2D eigenvalue weighted by Gasteiger charge is -2.35. The summed E-state index contributed by atoms with van der Waals surface area (Å²) in [5.74, 6) is 0.700. The van der Waals surface area contributed by atoms with Gasteiger partial charge in [0.05, 0.1) is 16.8 Å². The zero-order chi connectivity index (χ0) is 36.3. The first-order chi connectivity index (χ1) is 27.3. The van der Waals surface area contributed by atoms with Crippen molar-refractivity contribution in [1.29, 1.82) is 0 Å². The fraction of sp³-hybridized carbons (Fsp3) is 0.0189. The molecule has 1 aliphatic rings. The fourth-order valence-electron chi connectivity index (χ4n) is 9.23. The van der Waals surface area contributed by atoms with Crippen LogP contribution >= 0.6 is 0 Å². The van der Waals surface area contributed by atoms with E-state index in [0.29, 0.717) is 5.82 Å². The molecule has 11 rings (SSSR count). The summed E-state index contributed by atoms with van der Waals surface area (Å²) < 4.78 is 0. The molecule has 1 aromatic heterocycles. The van der Waals surface area contributed by atoms with Gasteiger partial charge >= 0.3 is 0 Å². The molecule has 0 saturated heterocycles. The molecule has 256 valence electrons. The Morgan fingerprint density at radius 1 is 0.327 bits per heavy atom. The monoisotopic (exact) mass is 698 g/mol. The van der Waals surface area contributed by atoms with Gasteiger partial charge in [0.15, 0.2) is 5.82 Å². The van der Waals surface area contributed by atoms with E-state index in [1.54, 1.807) is 0 Å². The zero-order valence-corrected chi connectivity index (χ0v) is 30.0. The molecule has 0 bridgehead atoms. The van der Waals surface area contributed by atoms with Gasteiger partial charge in [0.2, 0.25) is 0 Å². The molecular weight excluding hydrogens is 665 g/mol. The molecule has 2 heteroatoms. The Kier molecular flexibility index (Phi) is 7.11. The van der Waals surface area contributed by atoms with E-state index in [1.165, 1.54) is 65.7 Å². The molecule has 9 aromatic carbocycles. The number of hydrogen-bond acceptors (Lipinski definition) is 2. The Bertz CT molecular complexity index is 2990. The average Bonchev–Trinajstić information content (AvgIpc) is 3.58. The third kappa shape index (κ3) is 4.75. The molecule has 1 atom stereocenters. The van der Waals surface area contributed by atoms with Crippen molar-refractivity contribution in [3.8, 4) is 45.0 Å². The van der Waals surface area contributed by atoms with Crippen LogP contribution in [-0.2, 0) is 5.41 Å². The van der Waals surface area contributed by atoms with Crippen LogP contribution in [0.15, 0.2) is 206 Å². The van der Waals surface area contributed by atoms with E-state index in [0.717, 1.165) is 28.1 Å². The highest BCUT2D eigenvalue weighted by Crippen LogP contribution is 2.59. The lowest BCUT2D eigenvalue weighted by molar-refractivity contribution is 0.776. The summed E-state index contributed by atoms with van der Waals surface area (Å²) in [4.78, 5) is 10.5. The van der Waals surface area contributed by atoms with Crippen LogP contribution in [0.4, 0.5) is 0 Å². The lowest BCUT2D eigenvalue weighted by atomic mass is 9.66. The number of benzene rings is 9. The predicted molar refractivity (Wildman–Crippen MR) is 228 cm³/mol. The summed E-state index contributed by atoms with van der Waals surface area (Å²) in [5.41, 5.74) is 11.8. The van der Waals surface area contributed by atoms with Gasteiger partial charge in [-0.2, -0.15) is 0 Å². The van der Waals surface area contributed by atoms with Crippen LogP contribution in [0.2, 0.25) is 0 Å². The quantitative estimate of drug-likeness (QED) is 0.167. The Hall–Kier alpha value is -7.16. The first kappa shape index (κ1) is 31.4. The summed E-state index contributed by atoms with van der Waals surface area (Å²) in [6.07, 6.45) is 0. The van der Waals surface area contributed by atoms with Gasteiger partial charge in [-0.25, -0.2) is 9.97 Å². The molecule has 1 unspecified atom stereocenters. The van der Waals surface area contributed by atoms with Gasteiger partial charge in [-0.05, 0) is 77.8 Å². The molecule has 1 aliphatic carbocycles. The second-order valence-electron chi connectivity index (χ2n) is 14.4. The fourth-order valence-corrected chi connectivity index (χ4v) is 9.23. The van der Waals surface area contributed by atoms with Gasteiger partial charge in [0.1, 0.15) is 0 Å². The molecule has 1 heterocycles. The number of rotatable bonds is 5. The van der Waals surface area contributed by atoms with Crippen LogP contribution in [0.3, 0.4) is 0 Å². The molecule has 0 spiro atoms. The second-order valence-corrected chi connectivity index (χ2v) is 14.4. The highest BCUT2D eigenvalue weighted by atomic mass is 14.9. The molecule has 0 aliphatic heterocycles. The van der Waals surface area contributed by atoms with Crippen LogP contribution in [0.25, 0.3) is 77.3 Å². The average molecular weight is 699 g/mol. The van der Waals surface area contributed by atoms with Crippen molar-refractivity contribution in [3.63, 3.8) is 0 Å². The third-order valence-corrected chi connectivity index (χ3v) is 11.5. The van der Waals surface area contributed by atoms with Gasteiger partial charge in [-0.1, -0.05) is 194 Å². The van der Waals surface area contributed by atoms with E-state index in [2.05, 4.69) is 194 Å². The molecular formula is C53H34N2. The molecule has 0 radical (unpaired) electrons. The lowest BCUT2D eigenvalue weighted by Crippen LogP contribution is -2.29. The van der Waals surface area contributed by atoms with E-state index < -0.39 is 5.41 Å². The van der Waals surface area contributed by atoms with Crippen molar-refractivity contribution in [1.82, 2.24) is 9.97 Å². The van der Waals surface area contributed by atoms with Crippen LogP contribution in [-0.4, -0.2) is 9.97 Å². The normalized spacial score (nSPS) is 14.6. The Morgan fingerprint density at radius 3 is 1.47 bits per heavy atom. The number of fused-ring (bicyclic) bond motifs is 10. The second kappa shape index (κ2) is 12.5. The van der Waals surface area contributed by atoms with Crippen molar-refractivity contribution in [3.05, 3.63) is 229 Å². The Morgan fingerprint density at radius 2 is 0.818 bits per heavy atom. The van der Waals surface area contributed by atoms with E-state index in [4.69, 9.17) is 9.97 Å². The van der Waals surface area contributed by atoms with Gasteiger partial charge < -0.3 is 0 Å². The minimum atomic E-state index is -0.632. The number of nitrogens with zero attached hydrogens (tertiary/aromatic N) is 2. The van der Waals surface area contributed by atoms with Crippen molar-refractivity contribution in [2.75, 3.05) is 0 Å². The van der Waals surface area contributed by atoms with Crippen molar-refractivity contribution < 1.29 is 0 Å². The molecule has 10 aromatic rings. The Balaban J connectivity index is 1.25. The molecule has 55 heavy (non-hydrogen) atoms. The topological polar surface area (TPSA) is 25.8 Å². The molecule has 0 amide bonds.